The van der Waals surface area contributed by atoms with Gasteiger partial charge in [0.15, 0.2) is 0 Å². The summed E-state index contributed by atoms with van der Waals surface area (Å²) >= 11 is 0. The average molecular weight is 441 g/mol. The summed E-state index contributed by atoms with van der Waals surface area (Å²) in [4.78, 5) is 23.1. The zero-order chi connectivity index (χ0) is 23.3. The van der Waals surface area contributed by atoms with Crippen LogP contribution in [0.15, 0.2) is 0 Å². The molecule has 4 heteroatoms. The number of carboxylic acid groups (broad SMARTS) is 2. The van der Waals surface area contributed by atoms with E-state index in [0.29, 0.717) is 0 Å². The molecule has 0 fully saturated rings. The second-order valence-corrected chi connectivity index (χ2v) is 9.71. The molecule has 0 saturated carbocycles. The minimum absolute atomic E-state index is 0.0294. The maximum Gasteiger partial charge on any atom is 0.307 e. The van der Waals surface area contributed by atoms with Gasteiger partial charge in [0.25, 0.3) is 0 Å². The third-order valence-electron chi connectivity index (χ3n) is 6.86. The number of hydrogen-bond donors (Lipinski definition) is 2. The Morgan fingerprint density at radius 1 is 0.613 bits per heavy atom. The van der Waals surface area contributed by atoms with E-state index in [1.165, 1.54) is 83.5 Å². The molecule has 3 unspecified atom stereocenters. The van der Waals surface area contributed by atoms with E-state index in [9.17, 15) is 19.8 Å². The molecule has 0 saturated heterocycles. The topological polar surface area (TPSA) is 74.6 Å². The molecule has 0 aromatic rings. The van der Waals surface area contributed by atoms with Crippen molar-refractivity contribution in [3.8, 4) is 0 Å². The van der Waals surface area contributed by atoms with Gasteiger partial charge in [0.05, 0.1) is 12.3 Å². The third kappa shape index (κ3) is 17.2. The predicted octanol–water partition coefficient (Wildman–Crippen LogP) is 8.48. The van der Waals surface area contributed by atoms with Gasteiger partial charge in [0, 0.05) is 0 Å². The fourth-order valence-electron chi connectivity index (χ4n) is 4.82. The van der Waals surface area contributed by atoms with Gasteiger partial charge in [-0.05, 0) is 18.3 Å². The van der Waals surface area contributed by atoms with Crippen LogP contribution < -0.4 is 0 Å². The highest BCUT2D eigenvalue weighted by molar-refractivity contribution is 5.78. The molecule has 31 heavy (non-hydrogen) atoms. The molecule has 0 aliphatic carbocycles. The minimum Gasteiger partial charge on any atom is -0.481 e. The first-order valence-electron chi connectivity index (χ1n) is 13.4. The molecule has 0 aliphatic rings. The lowest BCUT2D eigenvalue weighted by Gasteiger charge is -2.29. The van der Waals surface area contributed by atoms with Crippen LogP contribution in [0.25, 0.3) is 0 Å². The van der Waals surface area contributed by atoms with E-state index >= 15 is 0 Å². The van der Waals surface area contributed by atoms with Gasteiger partial charge in [-0.3, -0.25) is 9.59 Å². The Balaban J connectivity index is 4.44. The highest BCUT2D eigenvalue weighted by Crippen LogP contribution is 2.33. The summed E-state index contributed by atoms with van der Waals surface area (Å²) in [5.74, 6) is -2.45. The Hall–Kier alpha value is -1.06. The van der Waals surface area contributed by atoms with E-state index in [4.69, 9.17) is 0 Å². The molecule has 2 N–H and O–H groups in total. The van der Waals surface area contributed by atoms with E-state index in [1.807, 2.05) is 0 Å². The Morgan fingerprint density at radius 2 is 1.00 bits per heavy atom. The largest absolute Gasteiger partial charge is 0.481 e. The smallest absolute Gasteiger partial charge is 0.307 e. The van der Waals surface area contributed by atoms with Crippen molar-refractivity contribution in [2.24, 2.45) is 17.8 Å². The van der Waals surface area contributed by atoms with Gasteiger partial charge < -0.3 is 10.2 Å². The van der Waals surface area contributed by atoms with Crippen molar-refractivity contribution in [3.05, 3.63) is 0 Å². The number of rotatable bonds is 23. The van der Waals surface area contributed by atoms with Crippen molar-refractivity contribution in [1.29, 1.82) is 0 Å². The monoisotopic (exact) mass is 440 g/mol. The molecule has 4 nitrogen and oxygen atoms in total. The normalized spacial score (nSPS) is 14.3. The summed E-state index contributed by atoms with van der Waals surface area (Å²) in [5.41, 5.74) is 0. The van der Waals surface area contributed by atoms with Crippen molar-refractivity contribution >= 4 is 11.9 Å². The summed E-state index contributed by atoms with van der Waals surface area (Å²) in [7, 11) is 0. The second kappa shape index (κ2) is 20.8. The number of carbonyl (C=O) groups is 2. The Morgan fingerprint density at radius 3 is 1.39 bits per heavy atom. The third-order valence-corrected chi connectivity index (χ3v) is 6.86. The molecule has 0 heterocycles. The SMILES string of the molecule is CCCCCCCCCCC(C)C(CCCCCCCCCC)C(CC(=O)O)C(=O)O. The summed E-state index contributed by atoms with van der Waals surface area (Å²) in [6.07, 6.45) is 21.6. The van der Waals surface area contributed by atoms with Gasteiger partial charge in [-0.25, -0.2) is 0 Å². The molecule has 0 amide bonds. The van der Waals surface area contributed by atoms with E-state index in [-0.39, 0.29) is 18.3 Å². The van der Waals surface area contributed by atoms with E-state index in [2.05, 4.69) is 20.8 Å². The molecule has 0 bridgehead atoms. The van der Waals surface area contributed by atoms with E-state index < -0.39 is 17.9 Å². The number of unbranched alkanes of at least 4 members (excludes halogenated alkanes) is 14. The fourth-order valence-corrected chi connectivity index (χ4v) is 4.82. The highest BCUT2D eigenvalue weighted by atomic mass is 16.4. The maximum atomic E-state index is 11.9. The average Bonchev–Trinajstić information content (AvgIpc) is 2.72. The first-order chi connectivity index (χ1) is 14.9. The lowest BCUT2D eigenvalue weighted by Crippen LogP contribution is -2.30. The number of carboxylic acids is 2. The van der Waals surface area contributed by atoms with Crippen LogP contribution in [0.3, 0.4) is 0 Å². The summed E-state index contributed by atoms with van der Waals surface area (Å²) in [6.45, 7) is 6.61. The summed E-state index contributed by atoms with van der Waals surface area (Å²) in [6, 6.07) is 0. The molecule has 0 rings (SSSR count). The predicted molar refractivity (Wildman–Crippen MR) is 130 cm³/mol. The van der Waals surface area contributed by atoms with E-state index in [0.717, 1.165) is 32.1 Å². The van der Waals surface area contributed by atoms with Crippen molar-refractivity contribution in [1.82, 2.24) is 0 Å². The van der Waals surface area contributed by atoms with Crippen LogP contribution in [0.5, 0.6) is 0 Å². The Bertz CT molecular complexity index is 435. The van der Waals surface area contributed by atoms with Gasteiger partial charge in [-0.15, -0.1) is 0 Å². The van der Waals surface area contributed by atoms with Crippen LogP contribution in [0.2, 0.25) is 0 Å². The second-order valence-electron chi connectivity index (χ2n) is 9.71. The lowest BCUT2D eigenvalue weighted by molar-refractivity contribution is -0.151. The van der Waals surface area contributed by atoms with Crippen LogP contribution in [0, 0.1) is 17.8 Å². The first kappa shape index (κ1) is 29.9. The fraction of sp³-hybridized carbons (Fsp3) is 0.926. The van der Waals surface area contributed by atoms with Gasteiger partial charge in [-0.1, -0.05) is 130 Å². The van der Waals surface area contributed by atoms with Crippen molar-refractivity contribution < 1.29 is 19.8 Å². The standard InChI is InChI=1S/C27H52O4/c1-4-6-8-10-12-14-16-18-20-23(3)24(25(27(30)31)22-26(28)29)21-19-17-15-13-11-9-7-5-2/h23-25H,4-22H2,1-3H3,(H,28,29)(H,30,31). The first-order valence-corrected chi connectivity index (χ1v) is 13.4. The maximum absolute atomic E-state index is 11.9. The van der Waals surface area contributed by atoms with Crippen molar-refractivity contribution in [2.75, 3.05) is 0 Å². The quantitative estimate of drug-likeness (QED) is 0.156. The molecule has 0 aliphatic heterocycles. The number of hydrogen-bond acceptors (Lipinski definition) is 2. The van der Waals surface area contributed by atoms with Crippen LogP contribution >= 0.6 is 0 Å². The molecule has 3 atom stereocenters. The summed E-state index contributed by atoms with van der Waals surface area (Å²) < 4.78 is 0. The minimum atomic E-state index is -0.993. The molecule has 184 valence electrons. The van der Waals surface area contributed by atoms with Gasteiger partial charge in [0.2, 0.25) is 0 Å². The van der Waals surface area contributed by atoms with Crippen molar-refractivity contribution in [2.45, 2.75) is 143 Å². The van der Waals surface area contributed by atoms with Gasteiger partial charge >= 0.3 is 11.9 Å². The van der Waals surface area contributed by atoms with Crippen molar-refractivity contribution in [3.63, 3.8) is 0 Å². The zero-order valence-electron chi connectivity index (χ0n) is 20.9. The lowest BCUT2D eigenvalue weighted by atomic mass is 9.75. The van der Waals surface area contributed by atoms with Crippen LogP contribution in [-0.4, -0.2) is 22.2 Å². The Labute approximate surface area is 192 Å². The molecular formula is C27H52O4. The molecule has 0 aromatic carbocycles. The van der Waals surface area contributed by atoms with Crippen LogP contribution in [0.4, 0.5) is 0 Å². The molecular weight excluding hydrogens is 388 g/mol. The van der Waals surface area contributed by atoms with Gasteiger partial charge in [-0.2, -0.15) is 0 Å². The zero-order valence-corrected chi connectivity index (χ0v) is 20.9. The summed E-state index contributed by atoms with van der Waals surface area (Å²) in [5, 5.41) is 19.0. The highest BCUT2D eigenvalue weighted by Gasteiger charge is 2.33. The number of aliphatic carboxylic acids is 2. The van der Waals surface area contributed by atoms with Gasteiger partial charge in [0.1, 0.15) is 0 Å². The molecule has 0 aromatic heterocycles. The molecule has 0 spiro atoms. The Kier molecular flexibility index (Phi) is 20.1. The van der Waals surface area contributed by atoms with Crippen LogP contribution in [0.1, 0.15) is 143 Å². The molecule has 0 radical (unpaired) electrons. The van der Waals surface area contributed by atoms with Crippen LogP contribution in [-0.2, 0) is 9.59 Å². The van der Waals surface area contributed by atoms with E-state index in [1.54, 1.807) is 0 Å².